The molecule has 1 atom stereocenters. The molecule has 1 rings (SSSR count). The van der Waals surface area contributed by atoms with E-state index in [2.05, 4.69) is 10.3 Å². The largest absolute Gasteiger partial charge is 0.368 e. The molecule has 0 saturated heterocycles. The maximum absolute atomic E-state index is 11.2. The van der Waals surface area contributed by atoms with Crippen LogP contribution < -0.4 is 11.1 Å². The van der Waals surface area contributed by atoms with Crippen molar-refractivity contribution in [3.05, 3.63) is 23.9 Å². The van der Waals surface area contributed by atoms with Crippen LogP contribution in [-0.2, 0) is 4.79 Å². The Morgan fingerprint density at radius 2 is 2.20 bits per heavy atom. The van der Waals surface area contributed by atoms with Crippen molar-refractivity contribution in [2.45, 2.75) is 26.8 Å². The zero-order chi connectivity index (χ0) is 11.4. The highest BCUT2D eigenvalue weighted by Gasteiger charge is 2.19. The van der Waals surface area contributed by atoms with Crippen LogP contribution in [-0.4, -0.2) is 16.9 Å². The van der Waals surface area contributed by atoms with Crippen molar-refractivity contribution in [3.63, 3.8) is 0 Å². The number of nitrogens with zero attached hydrogens (tertiary/aromatic N) is 1. The van der Waals surface area contributed by atoms with Crippen molar-refractivity contribution in [1.29, 1.82) is 0 Å². The number of primary amides is 1. The summed E-state index contributed by atoms with van der Waals surface area (Å²) in [5.74, 6) is 0.508. The lowest BCUT2D eigenvalue weighted by Crippen LogP contribution is -2.39. The highest BCUT2D eigenvalue weighted by atomic mass is 16.1. The van der Waals surface area contributed by atoms with Crippen LogP contribution >= 0.6 is 0 Å². The van der Waals surface area contributed by atoms with Gasteiger partial charge in [0.05, 0.1) is 0 Å². The number of rotatable bonds is 4. The van der Waals surface area contributed by atoms with E-state index >= 15 is 0 Å². The van der Waals surface area contributed by atoms with E-state index in [4.69, 9.17) is 5.73 Å². The van der Waals surface area contributed by atoms with E-state index < -0.39 is 0 Å². The quantitative estimate of drug-likeness (QED) is 0.782. The summed E-state index contributed by atoms with van der Waals surface area (Å²) in [5.41, 5.74) is 6.31. The van der Waals surface area contributed by atoms with Crippen molar-refractivity contribution in [2.24, 2.45) is 11.7 Å². The van der Waals surface area contributed by atoms with Gasteiger partial charge in [0.25, 0.3) is 0 Å². The van der Waals surface area contributed by atoms with Gasteiger partial charge in [-0.3, -0.25) is 4.79 Å². The summed E-state index contributed by atoms with van der Waals surface area (Å²) in [7, 11) is 0. The average molecular weight is 207 g/mol. The Kier molecular flexibility index (Phi) is 3.66. The zero-order valence-corrected chi connectivity index (χ0v) is 9.32. The Hall–Kier alpha value is -1.58. The number of amides is 1. The van der Waals surface area contributed by atoms with Gasteiger partial charge < -0.3 is 11.1 Å². The Morgan fingerprint density at radius 3 is 2.67 bits per heavy atom. The fraction of sp³-hybridized carbons (Fsp3) is 0.455. The van der Waals surface area contributed by atoms with Gasteiger partial charge in [0.2, 0.25) is 5.91 Å². The average Bonchev–Trinajstić information content (AvgIpc) is 2.15. The molecule has 0 fully saturated rings. The second kappa shape index (κ2) is 4.77. The van der Waals surface area contributed by atoms with Crippen molar-refractivity contribution in [2.75, 3.05) is 5.32 Å². The molecule has 0 radical (unpaired) electrons. The molecule has 3 N–H and O–H groups in total. The van der Waals surface area contributed by atoms with Crippen molar-refractivity contribution >= 4 is 11.7 Å². The second-order valence-electron chi connectivity index (χ2n) is 3.94. The highest BCUT2D eigenvalue weighted by Crippen LogP contribution is 2.13. The van der Waals surface area contributed by atoms with Crippen LogP contribution in [0, 0.1) is 12.8 Å². The normalized spacial score (nSPS) is 12.5. The predicted octanol–water partition coefficient (Wildman–Crippen LogP) is 1.31. The molecule has 0 saturated carbocycles. The van der Waals surface area contributed by atoms with E-state index in [1.165, 1.54) is 0 Å². The highest BCUT2D eigenvalue weighted by molar-refractivity contribution is 5.83. The number of hydrogen-bond donors (Lipinski definition) is 2. The van der Waals surface area contributed by atoms with Crippen LogP contribution in [0.2, 0.25) is 0 Å². The van der Waals surface area contributed by atoms with E-state index in [-0.39, 0.29) is 17.9 Å². The van der Waals surface area contributed by atoms with E-state index in [0.29, 0.717) is 0 Å². The molecule has 1 aromatic rings. The second-order valence-corrected chi connectivity index (χ2v) is 3.94. The number of pyridine rings is 1. The lowest BCUT2D eigenvalue weighted by atomic mass is 10.0. The maximum Gasteiger partial charge on any atom is 0.240 e. The molecule has 1 aromatic heterocycles. The summed E-state index contributed by atoms with van der Waals surface area (Å²) in [5, 5.41) is 3.06. The van der Waals surface area contributed by atoms with Gasteiger partial charge in [0.1, 0.15) is 11.9 Å². The van der Waals surface area contributed by atoms with E-state index in [0.717, 1.165) is 11.4 Å². The molecule has 0 bridgehead atoms. The van der Waals surface area contributed by atoms with Gasteiger partial charge in [-0.05, 0) is 24.5 Å². The van der Waals surface area contributed by atoms with Gasteiger partial charge in [-0.25, -0.2) is 4.98 Å². The molecule has 0 spiro atoms. The first-order valence-corrected chi connectivity index (χ1v) is 5.00. The molecule has 1 unspecified atom stereocenters. The number of aromatic nitrogens is 1. The minimum Gasteiger partial charge on any atom is -0.368 e. The molecule has 0 aliphatic rings. The van der Waals surface area contributed by atoms with Gasteiger partial charge in [0, 0.05) is 6.20 Å². The van der Waals surface area contributed by atoms with Crippen LogP contribution in [0.25, 0.3) is 0 Å². The summed E-state index contributed by atoms with van der Waals surface area (Å²) >= 11 is 0. The molecular weight excluding hydrogens is 190 g/mol. The number of aryl methyl sites for hydroxylation is 1. The standard InChI is InChI=1S/C11H17N3O/c1-7(2)9(10(12)15)14-11-8(3)5-4-6-13-11/h4-7,9H,1-3H3,(H2,12,15)(H,13,14). The van der Waals surface area contributed by atoms with Crippen molar-refractivity contribution in [3.8, 4) is 0 Å². The third-order valence-electron chi connectivity index (χ3n) is 2.27. The van der Waals surface area contributed by atoms with Crippen LogP contribution in [0.3, 0.4) is 0 Å². The molecule has 0 aliphatic carbocycles. The Bertz CT molecular complexity index is 349. The number of nitrogens with one attached hydrogen (secondary N) is 1. The third-order valence-corrected chi connectivity index (χ3v) is 2.27. The molecular formula is C11H17N3O. The van der Waals surface area contributed by atoms with Crippen LogP contribution in [0.4, 0.5) is 5.82 Å². The maximum atomic E-state index is 11.2. The molecule has 1 amide bonds. The number of carbonyl (C=O) groups excluding carboxylic acids is 1. The monoisotopic (exact) mass is 207 g/mol. The Balaban J connectivity index is 2.84. The van der Waals surface area contributed by atoms with E-state index in [9.17, 15) is 4.79 Å². The zero-order valence-electron chi connectivity index (χ0n) is 9.32. The number of anilines is 1. The summed E-state index contributed by atoms with van der Waals surface area (Å²) in [6.07, 6.45) is 1.69. The van der Waals surface area contributed by atoms with Gasteiger partial charge in [-0.2, -0.15) is 0 Å². The fourth-order valence-electron chi connectivity index (χ4n) is 1.35. The fourth-order valence-corrected chi connectivity index (χ4v) is 1.35. The van der Waals surface area contributed by atoms with E-state index in [1.54, 1.807) is 6.20 Å². The first-order valence-electron chi connectivity index (χ1n) is 5.00. The van der Waals surface area contributed by atoms with Crippen LogP contribution in [0.1, 0.15) is 19.4 Å². The summed E-state index contributed by atoms with van der Waals surface area (Å²) in [6.45, 7) is 5.83. The molecule has 82 valence electrons. The number of hydrogen-bond acceptors (Lipinski definition) is 3. The molecule has 4 nitrogen and oxygen atoms in total. The Morgan fingerprint density at radius 1 is 1.53 bits per heavy atom. The smallest absolute Gasteiger partial charge is 0.240 e. The minimum atomic E-state index is -0.376. The lowest BCUT2D eigenvalue weighted by molar-refractivity contribution is -0.119. The van der Waals surface area contributed by atoms with E-state index in [1.807, 2.05) is 32.9 Å². The van der Waals surface area contributed by atoms with Crippen molar-refractivity contribution in [1.82, 2.24) is 4.98 Å². The van der Waals surface area contributed by atoms with Crippen molar-refractivity contribution < 1.29 is 4.79 Å². The summed E-state index contributed by atoms with van der Waals surface area (Å²) in [4.78, 5) is 15.4. The molecule has 0 aliphatic heterocycles. The van der Waals surface area contributed by atoms with Gasteiger partial charge in [-0.15, -0.1) is 0 Å². The number of carbonyl (C=O) groups is 1. The lowest BCUT2D eigenvalue weighted by Gasteiger charge is -2.20. The topological polar surface area (TPSA) is 68.0 Å². The molecule has 4 heteroatoms. The SMILES string of the molecule is Cc1cccnc1NC(C(N)=O)C(C)C. The molecule has 0 aromatic carbocycles. The summed E-state index contributed by atoms with van der Waals surface area (Å²) < 4.78 is 0. The first-order chi connectivity index (χ1) is 7.02. The van der Waals surface area contributed by atoms with Gasteiger partial charge in [0.15, 0.2) is 0 Å². The Labute approximate surface area is 89.9 Å². The summed E-state index contributed by atoms with van der Waals surface area (Å²) in [6, 6.07) is 3.42. The first kappa shape index (κ1) is 11.5. The van der Waals surface area contributed by atoms with Crippen LogP contribution in [0.5, 0.6) is 0 Å². The van der Waals surface area contributed by atoms with Gasteiger partial charge in [-0.1, -0.05) is 19.9 Å². The third kappa shape index (κ3) is 2.94. The molecule has 1 heterocycles. The van der Waals surface area contributed by atoms with Crippen LogP contribution in [0.15, 0.2) is 18.3 Å². The van der Waals surface area contributed by atoms with Gasteiger partial charge >= 0.3 is 0 Å². The molecule has 15 heavy (non-hydrogen) atoms. The minimum absolute atomic E-state index is 0.143. The number of nitrogens with two attached hydrogens (primary N) is 1. The predicted molar refractivity (Wildman–Crippen MR) is 60.4 cm³/mol.